The maximum absolute atomic E-state index is 12.4. The average Bonchev–Trinajstić information content (AvgIpc) is 3.25. The molecule has 130 valence electrons. The summed E-state index contributed by atoms with van der Waals surface area (Å²) in [7, 11) is 0. The Labute approximate surface area is 145 Å². The summed E-state index contributed by atoms with van der Waals surface area (Å²) in [5.74, 6) is 0.146. The van der Waals surface area contributed by atoms with Crippen LogP contribution in [0.4, 0.5) is 8.78 Å². The van der Waals surface area contributed by atoms with Crippen LogP contribution >= 0.6 is 11.8 Å². The van der Waals surface area contributed by atoms with E-state index in [-0.39, 0.29) is 16.8 Å². The van der Waals surface area contributed by atoms with Crippen LogP contribution in [0.5, 0.6) is 5.75 Å². The standard InChI is InChI=1S/C16H13F2N3O3S/c1-9(13(22)10-4-6-11(7-5-10)23-15(17)18)25-16-21-20-14(24-16)12-3-2-8-19-12/h2-9,15,19H,1H3/t9-/m1/s1. The van der Waals surface area contributed by atoms with Gasteiger partial charge in [0.05, 0.1) is 5.25 Å². The van der Waals surface area contributed by atoms with Crippen LogP contribution in [-0.2, 0) is 0 Å². The van der Waals surface area contributed by atoms with E-state index in [0.717, 1.165) is 11.8 Å². The van der Waals surface area contributed by atoms with E-state index in [9.17, 15) is 13.6 Å². The number of ketones is 1. The average molecular weight is 365 g/mol. The van der Waals surface area contributed by atoms with Gasteiger partial charge in [0.15, 0.2) is 5.78 Å². The number of rotatable bonds is 7. The van der Waals surface area contributed by atoms with Gasteiger partial charge in [0.25, 0.3) is 11.1 Å². The van der Waals surface area contributed by atoms with Crippen molar-refractivity contribution in [2.75, 3.05) is 0 Å². The Bertz CT molecular complexity index is 835. The Morgan fingerprint density at radius 2 is 2.00 bits per heavy atom. The van der Waals surface area contributed by atoms with E-state index >= 15 is 0 Å². The van der Waals surface area contributed by atoms with Gasteiger partial charge >= 0.3 is 6.61 Å². The third-order valence-electron chi connectivity index (χ3n) is 3.25. The lowest BCUT2D eigenvalue weighted by Crippen LogP contribution is -2.13. The highest BCUT2D eigenvalue weighted by atomic mass is 32.2. The van der Waals surface area contributed by atoms with Crippen molar-refractivity contribution in [2.45, 2.75) is 24.0 Å². The highest BCUT2D eigenvalue weighted by molar-refractivity contribution is 8.00. The van der Waals surface area contributed by atoms with Gasteiger partial charge in [-0.3, -0.25) is 4.79 Å². The number of thioether (sulfide) groups is 1. The molecule has 3 rings (SSSR count). The van der Waals surface area contributed by atoms with Crippen LogP contribution < -0.4 is 4.74 Å². The lowest BCUT2D eigenvalue weighted by Gasteiger charge is -2.09. The van der Waals surface area contributed by atoms with Crippen molar-refractivity contribution >= 4 is 17.5 Å². The maximum atomic E-state index is 12.4. The zero-order chi connectivity index (χ0) is 17.8. The molecular formula is C16H13F2N3O3S. The first-order valence-electron chi connectivity index (χ1n) is 7.26. The lowest BCUT2D eigenvalue weighted by molar-refractivity contribution is -0.0498. The first kappa shape index (κ1) is 17.2. The Hall–Kier alpha value is -2.68. The molecule has 1 atom stereocenters. The number of hydrogen-bond acceptors (Lipinski definition) is 6. The Balaban J connectivity index is 1.64. The molecule has 0 aliphatic rings. The van der Waals surface area contributed by atoms with Crippen LogP contribution in [-0.4, -0.2) is 32.8 Å². The van der Waals surface area contributed by atoms with Gasteiger partial charge in [-0.2, -0.15) is 8.78 Å². The Kier molecular flexibility index (Phi) is 5.13. The Morgan fingerprint density at radius 1 is 1.24 bits per heavy atom. The minimum atomic E-state index is -2.90. The number of aromatic nitrogens is 3. The predicted molar refractivity (Wildman–Crippen MR) is 86.8 cm³/mol. The van der Waals surface area contributed by atoms with Gasteiger partial charge in [0.1, 0.15) is 11.4 Å². The fourth-order valence-corrected chi connectivity index (χ4v) is 2.83. The van der Waals surface area contributed by atoms with Gasteiger partial charge < -0.3 is 14.1 Å². The van der Waals surface area contributed by atoms with Gasteiger partial charge in [-0.1, -0.05) is 11.8 Å². The zero-order valence-corrected chi connectivity index (χ0v) is 13.8. The number of alkyl halides is 2. The lowest BCUT2D eigenvalue weighted by atomic mass is 10.1. The van der Waals surface area contributed by atoms with E-state index in [1.165, 1.54) is 24.3 Å². The van der Waals surface area contributed by atoms with Crippen LogP contribution in [0.25, 0.3) is 11.6 Å². The minimum absolute atomic E-state index is 0.000605. The molecule has 0 spiro atoms. The van der Waals surface area contributed by atoms with E-state index in [4.69, 9.17) is 4.42 Å². The summed E-state index contributed by atoms with van der Waals surface area (Å²) in [4.78, 5) is 15.4. The third-order valence-corrected chi connectivity index (χ3v) is 4.18. The molecule has 0 amide bonds. The molecule has 0 saturated carbocycles. The second kappa shape index (κ2) is 7.47. The molecule has 0 aliphatic carbocycles. The van der Waals surface area contributed by atoms with Crippen LogP contribution in [0, 0.1) is 0 Å². The van der Waals surface area contributed by atoms with Crippen LogP contribution in [0.2, 0.25) is 0 Å². The fraction of sp³-hybridized carbons (Fsp3) is 0.188. The number of nitrogens with zero attached hydrogens (tertiary/aromatic N) is 2. The summed E-state index contributed by atoms with van der Waals surface area (Å²) in [6.07, 6.45) is 1.74. The number of H-pyrrole nitrogens is 1. The summed E-state index contributed by atoms with van der Waals surface area (Å²) in [5, 5.41) is 7.60. The minimum Gasteiger partial charge on any atom is -0.435 e. The summed E-state index contributed by atoms with van der Waals surface area (Å²) >= 11 is 1.12. The van der Waals surface area contributed by atoms with Crippen LogP contribution in [0.3, 0.4) is 0 Å². The SMILES string of the molecule is C[C@@H](Sc1nnc(-c2ccc[nH]2)o1)C(=O)c1ccc(OC(F)F)cc1. The molecule has 2 aromatic heterocycles. The van der Waals surface area contributed by atoms with E-state index in [2.05, 4.69) is 19.9 Å². The molecule has 0 radical (unpaired) electrons. The highest BCUT2D eigenvalue weighted by Crippen LogP contribution is 2.27. The summed E-state index contributed by atoms with van der Waals surface area (Å²) in [6, 6.07) is 9.13. The topological polar surface area (TPSA) is 81.0 Å². The molecule has 2 heterocycles. The highest BCUT2D eigenvalue weighted by Gasteiger charge is 2.20. The molecule has 0 saturated heterocycles. The Morgan fingerprint density at radius 3 is 2.64 bits per heavy atom. The number of aromatic amines is 1. The van der Waals surface area contributed by atoms with E-state index in [0.29, 0.717) is 17.1 Å². The first-order valence-corrected chi connectivity index (χ1v) is 8.14. The first-order chi connectivity index (χ1) is 12.0. The number of hydrogen-bond donors (Lipinski definition) is 1. The molecule has 0 bridgehead atoms. The number of nitrogens with one attached hydrogen (secondary N) is 1. The number of benzene rings is 1. The second-order valence-electron chi connectivity index (χ2n) is 4.98. The van der Waals surface area contributed by atoms with Gasteiger partial charge in [0.2, 0.25) is 0 Å². The van der Waals surface area contributed by atoms with Crippen LogP contribution in [0.1, 0.15) is 17.3 Å². The summed E-state index contributed by atoms with van der Waals surface area (Å²) in [6.45, 7) is -1.20. The zero-order valence-electron chi connectivity index (χ0n) is 13.0. The van der Waals surface area contributed by atoms with Gasteiger partial charge in [-0.15, -0.1) is 10.2 Å². The summed E-state index contributed by atoms with van der Waals surface area (Å²) < 4.78 is 34.0. The predicted octanol–water partition coefficient (Wildman–Crippen LogP) is 4.03. The van der Waals surface area contributed by atoms with Crippen molar-refractivity contribution in [1.29, 1.82) is 0 Å². The molecule has 25 heavy (non-hydrogen) atoms. The van der Waals surface area contributed by atoms with E-state index < -0.39 is 11.9 Å². The largest absolute Gasteiger partial charge is 0.435 e. The van der Waals surface area contributed by atoms with Gasteiger partial charge in [0, 0.05) is 11.8 Å². The third kappa shape index (κ3) is 4.24. The molecule has 0 unspecified atom stereocenters. The number of halogens is 2. The maximum Gasteiger partial charge on any atom is 0.387 e. The normalized spacial score (nSPS) is 12.3. The molecule has 1 aromatic carbocycles. The molecule has 0 fully saturated rings. The summed E-state index contributed by atoms with van der Waals surface area (Å²) in [5.41, 5.74) is 1.07. The van der Waals surface area contributed by atoms with Crippen molar-refractivity contribution in [2.24, 2.45) is 0 Å². The monoisotopic (exact) mass is 365 g/mol. The van der Waals surface area contributed by atoms with Crippen molar-refractivity contribution in [3.63, 3.8) is 0 Å². The molecule has 0 aliphatic heterocycles. The second-order valence-corrected chi connectivity index (χ2v) is 6.28. The number of carbonyl (C=O) groups is 1. The molecule has 1 N–H and O–H groups in total. The smallest absolute Gasteiger partial charge is 0.387 e. The molecule has 3 aromatic rings. The van der Waals surface area contributed by atoms with Crippen molar-refractivity contribution < 1.29 is 22.7 Å². The van der Waals surface area contributed by atoms with E-state index in [1.54, 1.807) is 25.3 Å². The van der Waals surface area contributed by atoms with Crippen molar-refractivity contribution in [1.82, 2.24) is 15.2 Å². The molecule has 9 heteroatoms. The number of carbonyl (C=O) groups excluding carboxylic acids is 1. The van der Waals surface area contributed by atoms with Crippen LogP contribution in [0.15, 0.2) is 52.2 Å². The number of ether oxygens (including phenoxy) is 1. The molecule has 6 nitrogen and oxygen atoms in total. The van der Waals surface area contributed by atoms with Crippen molar-refractivity contribution in [3.05, 3.63) is 48.2 Å². The van der Waals surface area contributed by atoms with Crippen molar-refractivity contribution in [3.8, 4) is 17.3 Å². The van der Waals surface area contributed by atoms with Gasteiger partial charge in [-0.05, 0) is 43.3 Å². The number of Topliss-reactive ketones (excluding diaryl/α,β-unsaturated/α-hetero) is 1. The quantitative estimate of drug-likeness (QED) is 0.503. The van der Waals surface area contributed by atoms with E-state index in [1.807, 2.05) is 0 Å². The fourth-order valence-electron chi connectivity index (χ4n) is 2.07. The molecular weight excluding hydrogens is 352 g/mol. The van der Waals surface area contributed by atoms with Gasteiger partial charge in [-0.25, -0.2) is 0 Å².